The zero-order chi connectivity index (χ0) is 21.6. The van der Waals surface area contributed by atoms with E-state index in [0.29, 0.717) is 17.8 Å². The first-order valence-electron chi connectivity index (χ1n) is 9.53. The largest absolute Gasteiger partial charge is 0.417 e. The highest BCUT2D eigenvalue weighted by Gasteiger charge is 2.37. The summed E-state index contributed by atoms with van der Waals surface area (Å²) in [7, 11) is 1.88. The van der Waals surface area contributed by atoms with Gasteiger partial charge >= 0.3 is 6.18 Å². The second-order valence-corrected chi connectivity index (χ2v) is 7.87. The Hall–Kier alpha value is -2.74. The van der Waals surface area contributed by atoms with Crippen LogP contribution in [0.3, 0.4) is 0 Å². The van der Waals surface area contributed by atoms with Gasteiger partial charge in [-0.1, -0.05) is 11.6 Å². The normalized spacial score (nSPS) is 18.7. The number of fused-ring (bicyclic) bond motifs is 2. The van der Waals surface area contributed by atoms with Crippen LogP contribution < -0.4 is 10.2 Å². The van der Waals surface area contributed by atoms with E-state index in [1.807, 2.05) is 16.8 Å². The average molecular weight is 438 g/mol. The molecule has 0 saturated carbocycles. The van der Waals surface area contributed by atoms with E-state index in [1.54, 1.807) is 12.1 Å². The van der Waals surface area contributed by atoms with Crippen LogP contribution in [0.1, 0.15) is 45.5 Å². The molecule has 5 nitrogen and oxygen atoms in total. The van der Waals surface area contributed by atoms with E-state index in [-0.39, 0.29) is 23.3 Å². The molecule has 2 aliphatic rings. The standard InChI is InChI=1S/C21H19ClF3N3O2/c1-27-17-10-12(5-7-14(17)20(30)28-9-3-2-4-18(27)28)19(29)26-13-6-8-16(22)15(11-13)21(23,24)25/h5-8,10-11,18H,2-4,9H2,1H3,(H,26,29)/t18-/m0/s1. The molecule has 2 aromatic rings. The third-order valence-electron chi connectivity index (χ3n) is 5.58. The van der Waals surface area contributed by atoms with Crippen molar-refractivity contribution in [3.63, 3.8) is 0 Å². The van der Waals surface area contributed by atoms with E-state index in [9.17, 15) is 22.8 Å². The molecular weight excluding hydrogens is 419 g/mol. The molecule has 0 unspecified atom stereocenters. The topological polar surface area (TPSA) is 52.7 Å². The lowest BCUT2D eigenvalue weighted by Crippen LogP contribution is -2.55. The molecule has 2 amide bonds. The number of carbonyl (C=O) groups excluding carboxylic acids is 2. The Kier molecular flexibility index (Phi) is 5.13. The smallest absolute Gasteiger partial charge is 0.354 e. The highest BCUT2D eigenvalue weighted by Crippen LogP contribution is 2.37. The van der Waals surface area contributed by atoms with E-state index < -0.39 is 22.7 Å². The Bertz CT molecular complexity index is 1030. The van der Waals surface area contributed by atoms with Gasteiger partial charge in [-0.05, 0) is 55.7 Å². The Labute approximate surface area is 176 Å². The van der Waals surface area contributed by atoms with Gasteiger partial charge in [0, 0.05) is 24.8 Å². The number of piperidine rings is 1. The van der Waals surface area contributed by atoms with Crippen molar-refractivity contribution in [2.24, 2.45) is 0 Å². The number of hydrogen-bond donors (Lipinski definition) is 1. The number of anilines is 2. The first kappa shape index (κ1) is 20.5. The number of nitrogens with zero attached hydrogens (tertiary/aromatic N) is 2. The Balaban J connectivity index is 1.61. The number of hydrogen-bond acceptors (Lipinski definition) is 3. The van der Waals surface area contributed by atoms with Gasteiger partial charge in [-0.15, -0.1) is 0 Å². The van der Waals surface area contributed by atoms with Gasteiger partial charge in [0.2, 0.25) is 0 Å². The highest BCUT2D eigenvalue weighted by atomic mass is 35.5. The first-order chi connectivity index (χ1) is 14.2. The van der Waals surface area contributed by atoms with Crippen molar-refractivity contribution in [3.05, 3.63) is 58.1 Å². The van der Waals surface area contributed by atoms with Gasteiger partial charge in [0.05, 0.1) is 21.8 Å². The SMILES string of the molecule is CN1c2cc(C(=O)Nc3ccc(Cl)c(C(F)(F)F)c3)ccc2C(=O)N2CCCC[C@H]21. The maximum Gasteiger partial charge on any atom is 0.417 e. The monoisotopic (exact) mass is 437 g/mol. The fourth-order valence-electron chi connectivity index (χ4n) is 4.04. The van der Waals surface area contributed by atoms with E-state index in [1.165, 1.54) is 12.1 Å². The fraction of sp³-hybridized carbons (Fsp3) is 0.333. The summed E-state index contributed by atoms with van der Waals surface area (Å²) in [4.78, 5) is 29.3. The molecule has 158 valence electrons. The number of alkyl halides is 3. The zero-order valence-corrected chi connectivity index (χ0v) is 16.8. The molecule has 0 aliphatic carbocycles. The van der Waals surface area contributed by atoms with Crippen LogP contribution in [0, 0.1) is 0 Å². The van der Waals surface area contributed by atoms with Gasteiger partial charge in [-0.3, -0.25) is 9.59 Å². The molecule has 0 spiro atoms. The Morgan fingerprint density at radius 1 is 1.17 bits per heavy atom. The third kappa shape index (κ3) is 3.60. The maximum atomic E-state index is 13.1. The van der Waals surface area contributed by atoms with Crippen LogP contribution in [-0.2, 0) is 6.18 Å². The van der Waals surface area contributed by atoms with Crippen LogP contribution in [0.2, 0.25) is 5.02 Å². The van der Waals surface area contributed by atoms with Gasteiger partial charge in [0.25, 0.3) is 11.8 Å². The average Bonchev–Trinajstić information content (AvgIpc) is 2.72. The summed E-state index contributed by atoms with van der Waals surface area (Å²) >= 11 is 5.63. The molecule has 2 heterocycles. The fourth-order valence-corrected chi connectivity index (χ4v) is 4.26. The minimum atomic E-state index is -4.63. The quantitative estimate of drug-likeness (QED) is 0.718. The number of rotatable bonds is 2. The summed E-state index contributed by atoms with van der Waals surface area (Å²) in [5, 5.41) is 2.04. The molecule has 4 rings (SSSR count). The predicted molar refractivity (Wildman–Crippen MR) is 108 cm³/mol. The molecule has 0 aromatic heterocycles. The van der Waals surface area contributed by atoms with E-state index in [0.717, 1.165) is 31.4 Å². The van der Waals surface area contributed by atoms with Crippen molar-refractivity contribution in [1.29, 1.82) is 0 Å². The van der Waals surface area contributed by atoms with E-state index >= 15 is 0 Å². The van der Waals surface area contributed by atoms with Crippen molar-refractivity contribution in [2.45, 2.75) is 31.6 Å². The summed E-state index contributed by atoms with van der Waals surface area (Å²) in [6.07, 6.45) is -1.84. The lowest BCUT2D eigenvalue weighted by molar-refractivity contribution is -0.137. The molecule has 30 heavy (non-hydrogen) atoms. The van der Waals surface area contributed by atoms with Crippen LogP contribution in [-0.4, -0.2) is 36.5 Å². The number of amides is 2. The van der Waals surface area contributed by atoms with E-state index in [2.05, 4.69) is 5.32 Å². The lowest BCUT2D eigenvalue weighted by atomic mass is 9.97. The Morgan fingerprint density at radius 3 is 2.67 bits per heavy atom. The van der Waals surface area contributed by atoms with Gasteiger partial charge in [-0.2, -0.15) is 13.2 Å². The summed E-state index contributed by atoms with van der Waals surface area (Å²) in [5.41, 5.74) is 0.370. The molecule has 1 atom stereocenters. The summed E-state index contributed by atoms with van der Waals surface area (Å²) in [6, 6.07) is 7.91. The van der Waals surface area contributed by atoms with Gasteiger partial charge in [0.1, 0.15) is 6.17 Å². The zero-order valence-electron chi connectivity index (χ0n) is 16.1. The third-order valence-corrected chi connectivity index (χ3v) is 5.91. The van der Waals surface area contributed by atoms with Gasteiger partial charge in [-0.25, -0.2) is 0 Å². The van der Waals surface area contributed by atoms with Crippen LogP contribution in [0.25, 0.3) is 0 Å². The van der Waals surface area contributed by atoms with Crippen LogP contribution in [0.4, 0.5) is 24.5 Å². The first-order valence-corrected chi connectivity index (χ1v) is 9.90. The maximum absolute atomic E-state index is 13.1. The number of benzene rings is 2. The second kappa shape index (κ2) is 7.50. The molecule has 1 N–H and O–H groups in total. The minimum Gasteiger partial charge on any atom is -0.354 e. The van der Waals surface area contributed by atoms with Crippen molar-refractivity contribution < 1.29 is 22.8 Å². The number of nitrogens with one attached hydrogen (secondary N) is 1. The van der Waals surface area contributed by atoms with Gasteiger partial charge < -0.3 is 15.1 Å². The summed E-state index contributed by atoms with van der Waals surface area (Å²) in [5.74, 6) is -0.632. The van der Waals surface area contributed by atoms with Crippen LogP contribution in [0.5, 0.6) is 0 Å². The van der Waals surface area contributed by atoms with E-state index in [4.69, 9.17) is 11.6 Å². The molecule has 1 saturated heterocycles. The van der Waals surface area contributed by atoms with Crippen LogP contribution >= 0.6 is 11.6 Å². The Morgan fingerprint density at radius 2 is 1.93 bits per heavy atom. The van der Waals surface area contributed by atoms with Crippen molar-refractivity contribution in [1.82, 2.24) is 4.90 Å². The number of carbonyl (C=O) groups is 2. The van der Waals surface area contributed by atoms with Crippen LogP contribution in [0.15, 0.2) is 36.4 Å². The summed E-state index contributed by atoms with van der Waals surface area (Å²) in [6.45, 7) is 0.702. The van der Waals surface area contributed by atoms with Crippen molar-refractivity contribution >= 4 is 34.8 Å². The van der Waals surface area contributed by atoms with Crippen molar-refractivity contribution in [3.8, 4) is 0 Å². The predicted octanol–water partition coefficient (Wildman–Crippen LogP) is 5.01. The minimum absolute atomic E-state index is 0.0164. The highest BCUT2D eigenvalue weighted by molar-refractivity contribution is 6.31. The van der Waals surface area contributed by atoms with Gasteiger partial charge in [0.15, 0.2) is 0 Å². The molecular formula is C21H19ClF3N3O2. The lowest BCUT2D eigenvalue weighted by Gasteiger charge is -2.46. The van der Waals surface area contributed by atoms with Crippen molar-refractivity contribution in [2.75, 3.05) is 23.8 Å². The molecule has 0 radical (unpaired) electrons. The summed E-state index contributed by atoms with van der Waals surface area (Å²) < 4.78 is 39.2. The molecule has 1 fully saturated rings. The second-order valence-electron chi connectivity index (χ2n) is 7.46. The number of halogens is 4. The molecule has 2 aliphatic heterocycles. The molecule has 0 bridgehead atoms. The molecule has 2 aromatic carbocycles. The molecule has 9 heteroatoms.